The average Bonchev–Trinajstić information content (AvgIpc) is 1.55. The maximum Gasteiger partial charge on any atom is 0.147 e. The normalized spacial score (nSPS) is 12.5. The van der Waals surface area contributed by atoms with Crippen molar-refractivity contribution in [2.24, 2.45) is 0 Å². The first-order chi connectivity index (χ1) is 4.71. The second kappa shape index (κ2) is 5.61. The van der Waals surface area contributed by atoms with E-state index in [1.165, 1.54) is 0 Å². The number of hydrogen-bond donors (Lipinski definition) is 0. The van der Waals surface area contributed by atoms with Crippen LogP contribution in [0.15, 0.2) is 0 Å². The molecule has 0 bridgehead atoms. The standard InChI is InChI=1S/C8H20S2Si.CH4/c1-7(2,3)9-11-10-8(4,5)6;/h11H2,1-6H3;1H4. The van der Waals surface area contributed by atoms with Gasteiger partial charge >= 0.3 is 0 Å². The van der Waals surface area contributed by atoms with Gasteiger partial charge in [0, 0.05) is 9.49 Å². The van der Waals surface area contributed by atoms with Gasteiger partial charge in [-0.25, -0.2) is 0 Å². The number of rotatable bonds is 2. The molecule has 0 saturated carbocycles. The fourth-order valence-corrected chi connectivity index (χ4v) is 10.3. The lowest BCUT2D eigenvalue weighted by Gasteiger charge is -2.22. The maximum atomic E-state index is 2.30. The van der Waals surface area contributed by atoms with E-state index >= 15 is 0 Å². The van der Waals surface area contributed by atoms with Crippen molar-refractivity contribution in [1.29, 1.82) is 0 Å². The van der Waals surface area contributed by atoms with Crippen LogP contribution in [0.3, 0.4) is 0 Å². The average molecular weight is 225 g/mol. The molecule has 0 aromatic carbocycles. The maximum absolute atomic E-state index is 2.30. The van der Waals surface area contributed by atoms with Gasteiger partial charge in [0.05, 0.1) is 0 Å². The Labute approximate surface area is 88.8 Å². The van der Waals surface area contributed by atoms with E-state index in [2.05, 4.69) is 64.0 Å². The van der Waals surface area contributed by atoms with Crippen LogP contribution in [0.1, 0.15) is 49.0 Å². The molecule has 76 valence electrons. The molecule has 0 aromatic heterocycles. The van der Waals surface area contributed by atoms with Crippen LogP contribution >= 0.6 is 22.4 Å². The van der Waals surface area contributed by atoms with Crippen molar-refractivity contribution in [2.75, 3.05) is 0 Å². The van der Waals surface area contributed by atoms with E-state index in [4.69, 9.17) is 0 Å². The minimum absolute atomic E-state index is 0. The molecule has 0 aromatic rings. The van der Waals surface area contributed by atoms with Crippen molar-refractivity contribution in [3.63, 3.8) is 0 Å². The zero-order chi connectivity index (χ0) is 9.12. The van der Waals surface area contributed by atoms with Gasteiger partial charge in [-0.3, -0.25) is 0 Å². The molecule has 0 saturated heterocycles. The van der Waals surface area contributed by atoms with Crippen LogP contribution in [-0.4, -0.2) is 17.3 Å². The molecule has 12 heavy (non-hydrogen) atoms. The van der Waals surface area contributed by atoms with Crippen molar-refractivity contribution in [1.82, 2.24) is 0 Å². The smallest absolute Gasteiger partial charge is 0.147 e. The third-order valence-corrected chi connectivity index (χ3v) is 11.0. The van der Waals surface area contributed by atoms with Gasteiger partial charge < -0.3 is 0 Å². The van der Waals surface area contributed by atoms with Crippen LogP contribution in [0.5, 0.6) is 0 Å². The van der Waals surface area contributed by atoms with Gasteiger partial charge in [-0.1, -0.05) is 49.0 Å². The Kier molecular flexibility index (Phi) is 7.19. The van der Waals surface area contributed by atoms with Gasteiger partial charge in [-0.2, -0.15) is 22.4 Å². The molecule has 0 amide bonds. The van der Waals surface area contributed by atoms with Gasteiger partial charge in [-0.05, 0) is 0 Å². The largest absolute Gasteiger partial charge is 0.174 e. The third kappa shape index (κ3) is 13.5. The lowest BCUT2D eigenvalue weighted by atomic mass is 10.3. The van der Waals surface area contributed by atoms with E-state index in [-0.39, 0.29) is 15.2 Å². The molecule has 0 heterocycles. The summed E-state index contributed by atoms with van der Waals surface area (Å²) in [6.45, 7) is 13.8. The zero-order valence-corrected chi connectivity index (χ0v) is 11.6. The van der Waals surface area contributed by atoms with Crippen molar-refractivity contribution in [3.8, 4) is 0 Å². The van der Waals surface area contributed by atoms with Crippen molar-refractivity contribution in [2.45, 2.75) is 58.5 Å². The van der Waals surface area contributed by atoms with Gasteiger partial charge in [0.1, 0.15) is 7.82 Å². The first-order valence-electron chi connectivity index (χ1n) is 3.99. The molecule has 0 atom stereocenters. The highest BCUT2D eigenvalue weighted by Gasteiger charge is 2.14. The summed E-state index contributed by atoms with van der Waals surface area (Å²) in [5.41, 5.74) is 0. The van der Waals surface area contributed by atoms with Crippen LogP contribution in [0, 0.1) is 0 Å². The minimum Gasteiger partial charge on any atom is -0.174 e. The van der Waals surface area contributed by atoms with Crippen LogP contribution < -0.4 is 0 Å². The lowest BCUT2D eigenvalue weighted by Crippen LogP contribution is -2.13. The van der Waals surface area contributed by atoms with Gasteiger partial charge in [-0.15, -0.1) is 0 Å². The first kappa shape index (κ1) is 15.4. The molecule has 0 N–H and O–H groups in total. The molecule has 0 rings (SSSR count). The highest BCUT2D eigenvalue weighted by molar-refractivity contribution is 8.51. The summed E-state index contributed by atoms with van der Waals surface area (Å²) in [6, 6.07) is 0. The Morgan fingerprint density at radius 2 is 1.00 bits per heavy atom. The minimum atomic E-state index is 0. The highest BCUT2D eigenvalue weighted by Crippen LogP contribution is 2.30. The third-order valence-electron chi connectivity index (χ3n) is 0.984. The van der Waals surface area contributed by atoms with E-state index < -0.39 is 0 Å². The SMILES string of the molecule is C.CC(C)(C)S[SiH2]SC(C)(C)C. The summed E-state index contributed by atoms with van der Waals surface area (Å²) >= 11 is 4.32. The molecule has 0 fully saturated rings. The van der Waals surface area contributed by atoms with Gasteiger partial charge in [0.25, 0.3) is 0 Å². The van der Waals surface area contributed by atoms with Gasteiger partial charge in [0.2, 0.25) is 0 Å². The monoisotopic (exact) mass is 224 g/mol. The second-order valence-electron chi connectivity index (χ2n) is 4.63. The van der Waals surface area contributed by atoms with Crippen LogP contribution in [0.4, 0.5) is 0 Å². The Balaban J connectivity index is 0. The van der Waals surface area contributed by atoms with Gasteiger partial charge in [0.15, 0.2) is 0 Å². The Morgan fingerprint density at radius 3 is 1.17 bits per heavy atom. The van der Waals surface area contributed by atoms with Crippen molar-refractivity contribution >= 4 is 30.2 Å². The molecule has 0 radical (unpaired) electrons. The van der Waals surface area contributed by atoms with Crippen molar-refractivity contribution < 1.29 is 0 Å². The predicted octanol–water partition coefficient (Wildman–Crippen LogP) is 3.68. The molecular weight excluding hydrogens is 200 g/mol. The summed E-state index contributed by atoms with van der Waals surface area (Å²) in [4.78, 5) is 0. The summed E-state index contributed by atoms with van der Waals surface area (Å²) in [7, 11) is 0.0363. The molecule has 0 nitrogen and oxygen atoms in total. The van der Waals surface area contributed by atoms with E-state index in [1.54, 1.807) is 0 Å². The Morgan fingerprint density at radius 1 is 0.750 bits per heavy atom. The second-order valence-corrected chi connectivity index (χ2v) is 12.5. The summed E-state index contributed by atoms with van der Waals surface area (Å²) in [6.07, 6.45) is 0. The number of hydrogen-bond acceptors (Lipinski definition) is 2. The van der Waals surface area contributed by atoms with Crippen LogP contribution in [-0.2, 0) is 0 Å². The van der Waals surface area contributed by atoms with E-state index in [9.17, 15) is 0 Å². The molecule has 3 heteroatoms. The summed E-state index contributed by atoms with van der Waals surface area (Å²) in [5.74, 6) is 0. The quantitative estimate of drug-likeness (QED) is 0.656. The Bertz CT molecular complexity index is 96.7. The first-order valence-corrected chi connectivity index (χ1v) is 9.42. The lowest BCUT2D eigenvalue weighted by molar-refractivity contribution is 0.808. The molecule has 0 aliphatic rings. The molecular formula is C9H24S2Si. The van der Waals surface area contributed by atoms with Crippen LogP contribution in [0.2, 0.25) is 0 Å². The Hall–Kier alpha value is 0.917. The van der Waals surface area contributed by atoms with Crippen LogP contribution in [0.25, 0.3) is 0 Å². The zero-order valence-electron chi connectivity index (χ0n) is 8.52. The molecule has 0 aliphatic carbocycles. The van der Waals surface area contributed by atoms with E-state index in [1.807, 2.05) is 0 Å². The topological polar surface area (TPSA) is 0 Å². The molecule has 0 unspecified atom stereocenters. The summed E-state index contributed by atoms with van der Waals surface area (Å²) in [5, 5.41) is 0. The van der Waals surface area contributed by atoms with E-state index in [0.717, 1.165) is 0 Å². The predicted molar refractivity (Wildman–Crippen MR) is 70.0 cm³/mol. The highest BCUT2D eigenvalue weighted by atomic mass is 32.6. The van der Waals surface area contributed by atoms with E-state index in [0.29, 0.717) is 9.49 Å². The summed E-state index contributed by atoms with van der Waals surface area (Å²) < 4.78 is 0.953. The molecule has 0 spiro atoms. The van der Waals surface area contributed by atoms with Crippen molar-refractivity contribution in [3.05, 3.63) is 0 Å². The molecule has 0 aliphatic heterocycles. The fraction of sp³-hybridized carbons (Fsp3) is 1.00. The fourth-order valence-electron chi connectivity index (χ4n) is 0.383.